The van der Waals surface area contributed by atoms with E-state index in [0.29, 0.717) is 30.0 Å². The first-order valence-electron chi connectivity index (χ1n) is 17.0. The van der Waals surface area contributed by atoms with Gasteiger partial charge in [-0.2, -0.15) is 0 Å². The predicted molar refractivity (Wildman–Crippen MR) is 187 cm³/mol. The van der Waals surface area contributed by atoms with E-state index in [0.717, 1.165) is 31.4 Å². The number of carbonyl (C=O) groups excluding carboxylic acids is 5. The van der Waals surface area contributed by atoms with Crippen LogP contribution in [0.3, 0.4) is 0 Å². The van der Waals surface area contributed by atoms with Gasteiger partial charge in [0.15, 0.2) is 11.9 Å². The molecular weight excluding hydrogens is 630 g/mol. The molecule has 264 valence electrons. The fourth-order valence-electron chi connectivity index (χ4n) is 6.08. The van der Waals surface area contributed by atoms with Crippen LogP contribution in [-0.2, 0) is 25.5 Å². The van der Waals surface area contributed by atoms with E-state index in [1.54, 1.807) is 29.5 Å². The molecule has 12 heteroatoms. The summed E-state index contributed by atoms with van der Waals surface area (Å²) in [6.45, 7) is 12.1. The van der Waals surface area contributed by atoms with Crippen LogP contribution in [0.25, 0.3) is 0 Å². The van der Waals surface area contributed by atoms with Crippen LogP contribution in [0.1, 0.15) is 111 Å². The van der Waals surface area contributed by atoms with Crippen molar-refractivity contribution in [3.63, 3.8) is 0 Å². The normalized spacial score (nSPS) is 17.6. The zero-order valence-corrected chi connectivity index (χ0v) is 30.5. The second kappa shape index (κ2) is 18.2. The Morgan fingerprint density at radius 2 is 1.77 bits per heavy atom. The molecule has 3 rings (SSSR count). The average molecular weight is 684 g/mol. The molecule has 2 aromatic rings. The number of piperidine rings is 1. The summed E-state index contributed by atoms with van der Waals surface area (Å²) in [6.07, 6.45) is 3.60. The number of Topliss-reactive ketones (excluding diaryl/α,β-unsaturated/α-hetero) is 1. The zero-order chi connectivity index (χ0) is 35.5. The molecule has 0 saturated carbocycles. The van der Waals surface area contributed by atoms with Crippen molar-refractivity contribution in [1.29, 1.82) is 0 Å². The topological polar surface area (TPSA) is 138 Å². The second-order valence-corrected chi connectivity index (χ2v) is 14.2. The zero-order valence-electron chi connectivity index (χ0n) is 29.7. The molecule has 11 nitrogen and oxygen atoms in total. The van der Waals surface area contributed by atoms with Gasteiger partial charge in [-0.15, -0.1) is 11.3 Å². The molecule has 0 radical (unpaired) electrons. The van der Waals surface area contributed by atoms with Crippen molar-refractivity contribution in [1.82, 2.24) is 25.4 Å². The standard InChI is InChI=1S/C36H53N5O6S/c1-9-23(4)32(39-34(45)29-12-10-11-19-40(29)7)36(46)41(8)30(22(2)3)20-31(47-25(6)43)35-38-28(21-48-35)33(44)37-18-17-26-13-15-27(16-14-26)24(5)42/h13-16,21-23,29-32H,9-12,17-20H2,1-8H3,(H,37,44)(H,39,45)/t23-,29-,30+,31+,32-/m0/s1. The van der Waals surface area contributed by atoms with Crippen molar-refractivity contribution in [3.05, 3.63) is 51.5 Å². The van der Waals surface area contributed by atoms with Crippen molar-refractivity contribution >= 4 is 40.8 Å². The molecular formula is C36H53N5O6S. The van der Waals surface area contributed by atoms with Crippen molar-refractivity contribution in [3.8, 4) is 0 Å². The van der Waals surface area contributed by atoms with Gasteiger partial charge in [-0.05, 0) is 57.2 Å². The Kier molecular flexibility index (Phi) is 14.7. The summed E-state index contributed by atoms with van der Waals surface area (Å²) in [4.78, 5) is 72.4. The van der Waals surface area contributed by atoms with Crippen molar-refractivity contribution in [2.24, 2.45) is 11.8 Å². The van der Waals surface area contributed by atoms with Crippen LogP contribution in [0, 0.1) is 11.8 Å². The highest BCUT2D eigenvalue weighted by molar-refractivity contribution is 7.09. The first-order chi connectivity index (χ1) is 22.7. The number of carbonyl (C=O) groups is 5. The molecule has 1 fully saturated rings. The van der Waals surface area contributed by atoms with Crippen LogP contribution in [0.2, 0.25) is 0 Å². The minimum absolute atomic E-state index is 0.000977. The average Bonchev–Trinajstić information content (AvgIpc) is 3.55. The highest BCUT2D eigenvalue weighted by Crippen LogP contribution is 2.31. The molecule has 48 heavy (non-hydrogen) atoms. The molecule has 1 aliphatic heterocycles. The van der Waals surface area contributed by atoms with E-state index in [1.165, 1.54) is 25.2 Å². The summed E-state index contributed by atoms with van der Waals surface area (Å²) in [5, 5.41) is 8.07. The van der Waals surface area contributed by atoms with E-state index in [9.17, 15) is 24.0 Å². The van der Waals surface area contributed by atoms with Crippen LogP contribution in [-0.4, -0.2) is 89.6 Å². The first kappa shape index (κ1) is 38.8. The molecule has 2 N–H and O–H groups in total. The Morgan fingerprint density at radius 3 is 2.35 bits per heavy atom. The third-order valence-corrected chi connectivity index (χ3v) is 10.3. The summed E-state index contributed by atoms with van der Waals surface area (Å²) < 4.78 is 5.73. The predicted octanol–water partition coefficient (Wildman–Crippen LogP) is 4.81. The number of aromatic nitrogens is 1. The minimum atomic E-state index is -0.774. The van der Waals surface area contributed by atoms with Crippen molar-refractivity contribution in [2.75, 3.05) is 27.2 Å². The van der Waals surface area contributed by atoms with Gasteiger partial charge in [-0.25, -0.2) is 4.98 Å². The molecule has 2 heterocycles. The molecule has 1 saturated heterocycles. The summed E-state index contributed by atoms with van der Waals surface area (Å²) in [5.41, 5.74) is 1.85. The van der Waals surface area contributed by atoms with Gasteiger partial charge in [0.2, 0.25) is 11.8 Å². The highest BCUT2D eigenvalue weighted by atomic mass is 32.1. The SMILES string of the molecule is CC[C@H](C)[C@H](NC(=O)[C@@H]1CCCCN1C)C(=O)N(C)[C@H](C[C@@H](OC(C)=O)c1nc(C(=O)NCCc2ccc(C(C)=O)cc2)cs1)C(C)C. The number of hydrogen-bond donors (Lipinski definition) is 2. The van der Waals surface area contributed by atoms with E-state index in [2.05, 4.69) is 20.5 Å². The Bertz CT molecular complexity index is 1410. The number of nitrogens with zero attached hydrogens (tertiary/aromatic N) is 3. The number of ether oxygens (including phenoxy) is 1. The van der Waals surface area contributed by atoms with E-state index >= 15 is 0 Å². The van der Waals surface area contributed by atoms with Gasteiger partial charge < -0.3 is 20.3 Å². The van der Waals surface area contributed by atoms with Gasteiger partial charge in [0.05, 0.1) is 6.04 Å². The monoisotopic (exact) mass is 683 g/mol. The van der Waals surface area contributed by atoms with Gasteiger partial charge in [0.1, 0.15) is 16.7 Å². The van der Waals surface area contributed by atoms with E-state index in [-0.39, 0.29) is 59.5 Å². The van der Waals surface area contributed by atoms with E-state index in [4.69, 9.17) is 4.74 Å². The first-order valence-corrected chi connectivity index (χ1v) is 17.9. The second-order valence-electron chi connectivity index (χ2n) is 13.3. The maximum Gasteiger partial charge on any atom is 0.303 e. The molecule has 3 amide bonds. The molecule has 1 aliphatic rings. The molecule has 0 bridgehead atoms. The number of benzene rings is 1. The van der Waals surface area contributed by atoms with Crippen molar-refractivity contribution in [2.45, 2.75) is 104 Å². The number of amides is 3. The Hall–Kier alpha value is -3.64. The number of nitrogens with one attached hydrogen (secondary N) is 2. The lowest BCUT2D eigenvalue weighted by Gasteiger charge is -2.38. The quantitative estimate of drug-likeness (QED) is 0.190. The van der Waals surface area contributed by atoms with E-state index in [1.807, 2.05) is 46.9 Å². The van der Waals surface area contributed by atoms with Crippen LogP contribution >= 0.6 is 11.3 Å². The smallest absolute Gasteiger partial charge is 0.303 e. The van der Waals surface area contributed by atoms with Crippen LogP contribution in [0.5, 0.6) is 0 Å². The van der Waals surface area contributed by atoms with Gasteiger partial charge >= 0.3 is 5.97 Å². The Labute approximate surface area is 289 Å². The minimum Gasteiger partial charge on any atom is -0.455 e. The number of thiazole rings is 1. The third kappa shape index (κ3) is 10.7. The Balaban J connectivity index is 1.71. The summed E-state index contributed by atoms with van der Waals surface area (Å²) in [5.74, 6) is -1.25. The number of ketones is 1. The maximum absolute atomic E-state index is 14.1. The lowest BCUT2D eigenvalue weighted by atomic mass is 9.92. The number of likely N-dealkylation sites (N-methyl/N-ethyl adjacent to an activating group) is 2. The summed E-state index contributed by atoms with van der Waals surface area (Å²) in [7, 11) is 3.69. The lowest BCUT2D eigenvalue weighted by molar-refractivity contribution is -0.149. The number of hydrogen-bond acceptors (Lipinski definition) is 9. The summed E-state index contributed by atoms with van der Waals surface area (Å²) >= 11 is 1.23. The molecule has 5 atom stereocenters. The fraction of sp³-hybridized carbons (Fsp3) is 0.611. The highest BCUT2D eigenvalue weighted by Gasteiger charge is 2.37. The number of rotatable bonds is 16. The Morgan fingerprint density at radius 1 is 1.08 bits per heavy atom. The van der Waals surface area contributed by atoms with Crippen LogP contribution < -0.4 is 10.6 Å². The fourth-order valence-corrected chi connectivity index (χ4v) is 6.91. The summed E-state index contributed by atoms with van der Waals surface area (Å²) in [6, 6.07) is 5.98. The third-order valence-electron chi connectivity index (χ3n) is 9.32. The van der Waals surface area contributed by atoms with Gasteiger partial charge in [0, 0.05) is 43.9 Å². The van der Waals surface area contributed by atoms with Crippen LogP contribution in [0.15, 0.2) is 29.6 Å². The molecule has 0 spiro atoms. The van der Waals surface area contributed by atoms with E-state index < -0.39 is 18.1 Å². The van der Waals surface area contributed by atoms with Crippen molar-refractivity contribution < 1.29 is 28.7 Å². The van der Waals surface area contributed by atoms with Gasteiger partial charge in [-0.1, -0.05) is 64.8 Å². The van der Waals surface area contributed by atoms with Gasteiger partial charge in [0.25, 0.3) is 5.91 Å². The van der Waals surface area contributed by atoms with Crippen LogP contribution in [0.4, 0.5) is 0 Å². The maximum atomic E-state index is 14.1. The molecule has 0 aliphatic carbocycles. The lowest BCUT2D eigenvalue weighted by Crippen LogP contribution is -2.58. The molecule has 0 unspecified atom stereocenters. The molecule has 1 aromatic heterocycles. The largest absolute Gasteiger partial charge is 0.455 e. The number of esters is 1. The number of likely N-dealkylation sites (tertiary alicyclic amines) is 1. The molecule has 1 aromatic carbocycles. The van der Waals surface area contributed by atoms with Gasteiger partial charge in [-0.3, -0.25) is 28.9 Å².